The summed E-state index contributed by atoms with van der Waals surface area (Å²) in [5.74, 6) is 0.823. The van der Waals surface area contributed by atoms with Gasteiger partial charge in [-0.2, -0.15) is 13.9 Å². The van der Waals surface area contributed by atoms with E-state index >= 15 is 0 Å². The highest BCUT2D eigenvalue weighted by molar-refractivity contribution is 6.01. The van der Waals surface area contributed by atoms with Crippen molar-refractivity contribution in [3.63, 3.8) is 0 Å². The van der Waals surface area contributed by atoms with E-state index in [-0.39, 0.29) is 11.8 Å². The first-order chi connectivity index (χ1) is 14.2. The molecular formula is C23H18F2N2O2. The van der Waals surface area contributed by atoms with E-state index in [1.54, 1.807) is 18.2 Å². The maximum atomic E-state index is 13.0. The lowest BCUT2D eigenvalue weighted by atomic mass is 9.96. The molecule has 0 fully saturated rings. The Morgan fingerprint density at radius 2 is 1.59 bits per heavy atom. The molecule has 6 heteroatoms. The van der Waals surface area contributed by atoms with Crippen LogP contribution >= 0.6 is 0 Å². The van der Waals surface area contributed by atoms with E-state index in [9.17, 15) is 8.78 Å². The molecule has 146 valence electrons. The summed E-state index contributed by atoms with van der Waals surface area (Å²) in [5.41, 5.74) is 3.53. The summed E-state index contributed by atoms with van der Waals surface area (Å²) in [6.07, 6.45) is 0.0460. The highest BCUT2D eigenvalue weighted by atomic mass is 19.3. The van der Waals surface area contributed by atoms with E-state index in [1.165, 1.54) is 6.07 Å². The second kappa shape index (κ2) is 7.20. The third kappa shape index (κ3) is 3.20. The number of nitrogens with zero attached hydrogens (tertiary/aromatic N) is 2. The highest BCUT2D eigenvalue weighted by Gasteiger charge is 2.41. The van der Waals surface area contributed by atoms with Gasteiger partial charge >= 0.3 is 6.61 Å². The second-order valence-corrected chi connectivity index (χ2v) is 6.94. The van der Waals surface area contributed by atoms with E-state index in [0.29, 0.717) is 12.0 Å². The number of ether oxygens (including phenoxy) is 2. The van der Waals surface area contributed by atoms with E-state index in [1.807, 2.05) is 59.6 Å². The molecule has 0 aliphatic carbocycles. The summed E-state index contributed by atoms with van der Waals surface area (Å²) in [5, 5.41) is 6.70. The predicted octanol–water partition coefficient (Wildman–Crippen LogP) is 5.53. The standard InChI is InChI=1S/C23H18F2N2O2/c24-23(25)29-21-13-7-5-11-17(21)22-27-19(16-10-4-6-12-20(16)28-22)14-18(26-27)15-8-2-1-3-9-15/h1-13,19,22-23H,14H2/t19-,22+/m0/s1. The molecule has 0 saturated heterocycles. The maximum Gasteiger partial charge on any atom is 0.387 e. The number of fused-ring (bicyclic) bond motifs is 3. The fraction of sp³-hybridized carbons (Fsp3) is 0.174. The molecule has 0 amide bonds. The molecule has 0 radical (unpaired) electrons. The van der Waals surface area contributed by atoms with Crippen molar-refractivity contribution in [3.05, 3.63) is 95.6 Å². The zero-order valence-corrected chi connectivity index (χ0v) is 15.4. The molecule has 0 bridgehead atoms. The molecule has 0 N–H and O–H groups in total. The van der Waals surface area contributed by atoms with Gasteiger partial charge in [-0.3, -0.25) is 0 Å². The number of hydrazone groups is 1. The number of rotatable bonds is 4. The number of halogens is 2. The number of hydrogen-bond acceptors (Lipinski definition) is 4. The van der Waals surface area contributed by atoms with Crippen LogP contribution in [0.2, 0.25) is 0 Å². The van der Waals surface area contributed by atoms with Crippen LogP contribution in [0.3, 0.4) is 0 Å². The van der Waals surface area contributed by atoms with Gasteiger partial charge in [0.2, 0.25) is 6.23 Å². The summed E-state index contributed by atoms with van der Waals surface area (Å²) in [7, 11) is 0. The Kier molecular flexibility index (Phi) is 4.39. The lowest BCUT2D eigenvalue weighted by molar-refractivity contribution is -0.0578. The first-order valence-electron chi connectivity index (χ1n) is 9.41. The molecule has 2 heterocycles. The van der Waals surface area contributed by atoms with Crippen molar-refractivity contribution in [3.8, 4) is 11.5 Å². The minimum atomic E-state index is -2.91. The van der Waals surface area contributed by atoms with Gasteiger partial charge in [-0.25, -0.2) is 5.01 Å². The predicted molar refractivity (Wildman–Crippen MR) is 105 cm³/mol. The number of benzene rings is 3. The van der Waals surface area contributed by atoms with Crippen LogP contribution in [-0.2, 0) is 0 Å². The van der Waals surface area contributed by atoms with Crippen molar-refractivity contribution in [1.82, 2.24) is 5.01 Å². The maximum absolute atomic E-state index is 13.0. The SMILES string of the molecule is FC(F)Oc1ccccc1[C@H]1Oc2ccccc2[C@@H]2CC(c3ccccc3)=NN12. The molecule has 29 heavy (non-hydrogen) atoms. The number of hydrogen-bond donors (Lipinski definition) is 0. The molecule has 0 unspecified atom stereocenters. The van der Waals surface area contributed by atoms with Crippen molar-refractivity contribution < 1.29 is 18.3 Å². The van der Waals surface area contributed by atoms with E-state index < -0.39 is 12.8 Å². The van der Waals surface area contributed by atoms with Crippen LogP contribution in [0.1, 0.15) is 35.4 Å². The van der Waals surface area contributed by atoms with Gasteiger partial charge in [0.15, 0.2) is 0 Å². The lowest BCUT2D eigenvalue weighted by Gasteiger charge is -2.38. The highest BCUT2D eigenvalue weighted by Crippen LogP contribution is 2.48. The van der Waals surface area contributed by atoms with Gasteiger partial charge in [-0.05, 0) is 23.8 Å². The second-order valence-electron chi connectivity index (χ2n) is 6.94. The van der Waals surface area contributed by atoms with Crippen molar-refractivity contribution in [2.45, 2.75) is 25.3 Å². The Morgan fingerprint density at radius 3 is 2.38 bits per heavy atom. The van der Waals surface area contributed by atoms with Gasteiger partial charge in [0.05, 0.1) is 17.3 Å². The van der Waals surface area contributed by atoms with Crippen LogP contribution in [0, 0.1) is 0 Å². The average molecular weight is 392 g/mol. The van der Waals surface area contributed by atoms with Gasteiger partial charge in [0.25, 0.3) is 0 Å². The summed E-state index contributed by atoms with van der Waals surface area (Å²) in [6.45, 7) is -2.91. The number of para-hydroxylation sites is 2. The molecule has 2 aliphatic heterocycles. The van der Waals surface area contributed by atoms with Crippen molar-refractivity contribution in [1.29, 1.82) is 0 Å². The molecule has 3 aromatic carbocycles. The smallest absolute Gasteiger partial charge is 0.387 e. The van der Waals surface area contributed by atoms with Crippen LogP contribution in [0.5, 0.6) is 11.5 Å². The zero-order valence-electron chi connectivity index (χ0n) is 15.4. The van der Waals surface area contributed by atoms with E-state index in [2.05, 4.69) is 0 Å². The van der Waals surface area contributed by atoms with Crippen LogP contribution in [0.4, 0.5) is 8.78 Å². The molecule has 0 spiro atoms. The minimum absolute atomic E-state index is 0.0419. The van der Waals surface area contributed by atoms with Crippen molar-refractivity contribution in [2.24, 2.45) is 5.10 Å². The van der Waals surface area contributed by atoms with Gasteiger partial charge in [0, 0.05) is 12.0 Å². The zero-order chi connectivity index (χ0) is 19.8. The van der Waals surface area contributed by atoms with E-state index in [4.69, 9.17) is 14.6 Å². The lowest BCUT2D eigenvalue weighted by Crippen LogP contribution is -2.34. The molecule has 4 nitrogen and oxygen atoms in total. The summed E-state index contributed by atoms with van der Waals surface area (Å²) in [6, 6.07) is 24.4. The topological polar surface area (TPSA) is 34.1 Å². The largest absolute Gasteiger partial charge is 0.464 e. The quantitative estimate of drug-likeness (QED) is 0.585. The monoisotopic (exact) mass is 392 g/mol. The Balaban J connectivity index is 1.60. The third-order valence-corrected chi connectivity index (χ3v) is 5.21. The van der Waals surface area contributed by atoms with Crippen molar-refractivity contribution >= 4 is 5.71 Å². The molecule has 2 atom stereocenters. The molecule has 3 aromatic rings. The van der Waals surface area contributed by atoms with Gasteiger partial charge in [-0.1, -0.05) is 60.7 Å². The first kappa shape index (κ1) is 17.7. The Hall–Kier alpha value is -3.41. The summed E-state index contributed by atoms with van der Waals surface area (Å²) in [4.78, 5) is 0. The van der Waals surface area contributed by atoms with Crippen molar-refractivity contribution in [2.75, 3.05) is 0 Å². The van der Waals surface area contributed by atoms with Crippen LogP contribution in [0.15, 0.2) is 84.0 Å². The molecule has 5 rings (SSSR count). The van der Waals surface area contributed by atoms with Gasteiger partial charge in [-0.15, -0.1) is 0 Å². The Morgan fingerprint density at radius 1 is 0.897 bits per heavy atom. The third-order valence-electron chi connectivity index (χ3n) is 5.21. The van der Waals surface area contributed by atoms with Crippen LogP contribution in [0.25, 0.3) is 0 Å². The van der Waals surface area contributed by atoms with Gasteiger partial charge in [0.1, 0.15) is 11.5 Å². The minimum Gasteiger partial charge on any atom is -0.464 e. The molecule has 2 aliphatic rings. The molecule has 0 aromatic heterocycles. The fourth-order valence-corrected chi connectivity index (χ4v) is 3.93. The first-order valence-corrected chi connectivity index (χ1v) is 9.41. The average Bonchev–Trinajstić information content (AvgIpc) is 3.20. The van der Waals surface area contributed by atoms with Gasteiger partial charge < -0.3 is 9.47 Å². The molecular weight excluding hydrogens is 374 g/mol. The normalized spacial score (nSPS) is 20.0. The molecule has 0 saturated carbocycles. The van der Waals surface area contributed by atoms with E-state index in [0.717, 1.165) is 22.6 Å². The summed E-state index contributed by atoms with van der Waals surface area (Å²) < 4.78 is 36.9. The summed E-state index contributed by atoms with van der Waals surface area (Å²) >= 11 is 0. The number of alkyl halides is 2. The Bertz CT molecular complexity index is 1060. The Labute approximate surface area is 167 Å². The van der Waals surface area contributed by atoms with Crippen LogP contribution in [-0.4, -0.2) is 17.3 Å². The van der Waals surface area contributed by atoms with Crippen LogP contribution < -0.4 is 9.47 Å². The fourth-order valence-electron chi connectivity index (χ4n) is 3.93.